The molecular weight excluding hydrogens is 345 g/mol. The van der Waals surface area contributed by atoms with Gasteiger partial charge in [0.1, 0.15) is 0 Å². The van der Waals surface area contributed by atoms with E-state index in [1.165, 1.54) is 6.92 Å². The average molecular weight is 360 g/mol. The lowest BCUT2D eigenvalue weighted by Gasteiger charge is -2.16. The van der Waals surface area contributed by atoms with Crippen LogP contribution in [0.25, 0.3) is 0 Å². The summed E-state index contributed by atoms with van der Waals surface area (Å²) in [5.74, 6) is -1.66. The minimum atomic E-state index is -4.90. The van der Waals surface area contributed by atoms with Crippen molar-refractivity contribution in [2.75, 3.05) is 5.32 Å². The number of anilines is 1. The van der Waals surface area contributed by atoms with Gasteiger partial charge in [0.05, 0.1) is 22.1 Å². The van der Waals surface area contributed by atoms with Crippen molar-refractivity contribution in [2.45, 2.75) is 32.5 Å². The summed E-state index contributed by atoms with van der Waals surface area (Å²) < 4.78 is 44.1. The van der Waals surface area contributed by atoms with Gasteiger partial charge in [-0.3, -0.25) is 19.7 Å². The van der Waals surface area contributed by atoms with Crippen LogP contribution in [0.15, 0.2) is 18.2 Å². The van der Waals surface area contributed by atoms with E-state index >= 15 is 0 Å². The summed E-state index contributed by atoms with van der Waals surface area (Å²) >= 11 is 0. The Morgan fingerprint density at radius 1 is 1.40 bits per heavy atom. The predicted molar refractivity (Wildman–Crippen MR) is 79.6 cm³/mol. The van der Waals surface area contributed by atoms with Crippen LogP contribution in [0.2, 0.25) is 0 Å². The largest absolute Gasteiger partial charge is 0.452 e. The van der Waals surface area contributed by atoms with Crippen LogP contribution in [0.5, 0.6) is 0 Å². The summed E-state index contributed by atoms with van der Waals surface area (Å²) in [5, 5.41) is 12.6. The van der Waals surface area contributed by atoms with E-state index in [1.54, 1.807) is 0 Å². The van der Waals surface area contributed by atoms with Gasteiger partial charge in [-0.2, -0.15) is 13.2 Å². The molecule has 1 aliphatic carbocycles. The maximum absolute atomic E-state index is 13.1. The molecule has 1 fully saturated rings. The van der Waals surface area contributed by atoms with Crippen molar-refractivity contribution in [3.8, 4) is 0 Å². The molecule has 3 atom stereocenters. The molecule has 0 heterocycles. The Morgan fingerprint density at radius 3 is 2.48 bits per heavy atom. The molecule has 0 bridgehead atoms. The Bertz CT molecular complexity index is 720. The first kappa shape index (κ1) is 18.7. The van der Waals surface area contributed by atoms with E-state index in [0.29, 0.717) is 12.5 Å². The SMILES string of the molecule is C[C@H](OC(=O)[C@@H]1C[C@H]1C)C(=O)Nc1ccc([N+](=O)[O-])cc1C(F)(F)F. The van der Waals surface area contributed by atoms with Gasteiger partial charge in [0.2, 0.25) is 0 Å². The highest BCUT2D eigenvalue weighted by atomic mass is 19.4. The molecule has 1 amide bonds. The number of nitrogens with one attached hydrogen (secondary N) is 1. The minimum Gasteiger partial charge on any atom is -0.452 e. The molecule has 1 saturated carbocycles. The van der Waals surface area contributed by atoms with E-state index in [2.05, 4.69) is 0 Å². The van der Waals surface area contributed by atoms with Gasteiger partial charge in [0.15, 0.2) is 6.10 Å². The lowest BCUT2D eigenvalue weighted by atomic mass is 10.1. The van der Waals surface area contributed by atoms with Gasteiger partial charge >= 0.3 is 12.1 Å². The van der Waals surface area contributed by atoms with E-state index in [9.17, 15) is 32.9 Å². The highest BCUT2D eigenvalue weighted by Gasteiger charge is 2.42. The van der Waals surface area contributed by atoms with Crippen molar-refractivity contribution in [3.05, 3.63) is 33.9 Å². The normalized spacial score (nSPS) is 20.5. The van der Waals surface area contributed by atoms with E-state index in [1.807, 2.05) is 12.2 Å². The summed E-state index contributed by atoms with van der Waals surface area (Å²) in [6.07, 6.45) is -5.55. The van der Waals surface area contributed by atoms with Crippen LogP contribution in [0.3, 0.4) is 0 Å². The quantitative estimate of drug-likeness (QED) is 0.494. The fourth-order valence-corrected chi connectivity index (χ4v) is 2.19. The first-order valence-corrected chi connectivity index (χ1v) is 7.37. The molecule has 0 aliphatic heterocycles. The van der Waals surface area contributed by atoms with Crippen LogP contribution >= 0.6 is 0 Å². The maximum Gasteiger partial charge on any atom is 0.418 e. The molecule has 0 radical (unpaired) electrons. The number of halogens is 3. The Labute approximate surface area is 140 Å². The average Bonchev–Trinajstić information content (AvgIpc) is 3.23. The second kappa shape index (κ2) is 6.69. The standard InChI is InChI=1S/C15H15F3N2O5/c1-7-5-10(7)14(22)25-8(2)13(21)19-12-4-3-9(20(23)24)6-11(12)15(16,17)18/h3-4,6-8,10H,5H2,1-2H3,(H,19,21)/t7-,8+,10-/m1/s1. The van der Waals surface area contributed by atoms with Crippen molar-refractivity contribution in [2.24, 2.45) is 11.8 Å². The van der Waals surface area contributed by atoms with Crippen LogP contribution in [0, 0.1) is 22.0 Å². The fourth-order valence-electron chi connectivity index (χ4n) is 2.19. The topological polar surface area (TPSA) is 98.5 Å². The van der Waals surface area contributed by atoms with E-state index in [-0.39, 0.29) is 11.8 Å². The van der Waals surface area contributed by atoms with Gasteiger partial charge in [-0.15, -0.1) is 0 Å². The van der Waals surface area contributed by atoms with Crippen LogP contribution in [-0.2, 0) is 20.5 Å². The van der Waals surface area contributed by atoms with E-state index in [4.69, 9.17) is 4.74 Å². The van der Waals surface area contributed by atoms with Gasteiger partial charge in [-0.05, 0) is 25.3 Å². The van der Waals surface area contributed by atoms with E-state index in [0.717, 1.165) is 12.1 Å². The number of carbonyl (C=O) groups excluding carboxylic acids is 2. The molecule has 1 aliphatic rings. The number of hydrogen-bond acceptors (Lipinski definition) is 5. The number of hydrogen-bond donors (Lipinski definition) is 1. The molecule has 0 aromatic heterocycles. The summed E-state index contributed by atoms with van der Waals surface area (Å²) in [6.45, 7) is 3.07. The number of ether oxygens (including phenoxy) is 1. The highest BCUT2D eigenvalue weighted by Crippen LogP contribution is 2.39. The molecule has 0 saturated heterocycles. The number of esters is 1. The Balaban J connectivity index is 2.14. The number of nitrogens with zero attached hydrogens (tertiary/aromatic N) is 1. The predicted octanol–water partition coefficient (Wildman–Crippen LogP) is 3.14. The number of alkyl halides is 3. The minimum absolute atomic E-state index is 0.161. The molecule has 0 spiro atoms. The van der Waals surface area contributed by atoms with Gasteiger partial charge in [0, 0.05) is 12.1 Å². The van der Waals surface area contributed by atoms with Crippen molar-refractivity contribution in [1.29, 1.82) is 0 Å². The third-order valence-corrected chi connectivity index (χ3v) is 3.85. The van der Waals surface area contributed by atoms with Crippen LogP contribution in [0.4, 0.5) is 24.5 Å². The zero-order chi connectivity index (χ0) is 18.9. The fraction of sp³-hybridized carbons (Fsp3) is 0.467. The zero-order valence-corrected chi connectivity index (χ0v) is 13.3. The van der Waals surface area contributed by atoms with Gasteiger partial charge < -0.3 is 10.1 Å². The Hall–Kier alpha value is -2.65. The Morgan fingerprint density at radius 2 is 2.00 bits per heavy atom. The van der Waals surface area contributed by atoms with Crippen LogP contribution in [0.1, 0.15) is 25.8 Å². The number of rotatable bonds is 5. The maximum atomic E-state index is 13.1. The second-order valence-corrected chi connectivity index (χ2v) is 5.87. The molecular formula is C15H15F3N2O5. The Kier molecular flexibility index (Phi) is 5.00. The summed E-state index contributed by atoms with van der Waals surface area (Å²) in [4.78, 5) is 33.3. The van der Waals surface area contributed by atoms with Gasteiger partial charge in [-0.25, -0.2) is 0 Å². The first-order valence-electron chi connectivity index (χ1n) is 7.37. The molecule has 10 heteroatoms. The first-order chi connectivity index (χ1) is 11.5. The smallest absolute Gasteiger partial charge is 0.418 e. The lowest BCUT2D eigenvalue weighted by molar-refractivity contribution is -0.385. The number of benzene rings is 1. The van der Waals surface area contributed by atoms with Gasteiger partial charge in [-0.1, -0.05) is 6.92 Å². The van der Waals surface area contributed by atoms with E-state index < -0.39 is 46.0 Å². The summed E-state index contributed by atoms with van der Waals surface area (Å²) in [7, 11) is 0. The number of amides is 1. The molecule has 1 aromatic rings. The van der Waals surface area contributed by atoms with Gasteiger partial charge in [0.25, 0.3) is 11.6 Å². The highest BCUT2D eigenvalue weighted by molar-refractivity contribution is 5.96. The summed E-state index contributed by atoms with van der Waals surface area (Å²) in [5.41, 5.74) is -2.76. The zero-order valence-electron chi connectivity index (χ0n) is 13.3. The number of nitro benzene ring substituents is 1. The molecule has 7 nitrogen and oxygen atoms in total. The molecule has 2 rings (SSSR count). The summed E-state index contributed by atoms with van der Waals surface area (Å²) in [6, 6.07) is 1.96. The second-order valence-electron chi connectivity index (χ2n) is 5.87. The van der Waals surface area contributed by atoms with Crippen molar-refractivity contribution in [1.82, 2.24) is 0 Å². The molecule has 136 valence electrons. The molecule has 1 aromatic carbocycles. The molecule has 25 heavy (non-hydrogen) atoms. The monoisotopic (exact) mass is 360 g/mol. The third kappa shape index (κ3) is 4.46. The molecule has 0 unspecified atom stereocenters. The van der Waals surface area contributed by atoms with Crippen LogP contribution in [-0.4, -0.2) is 22.9 Å². The third-order valence-electron chi connectivity index (χ3n) is 3.85. The number of carbonyl (C=O) groups is 2. The molecule has 1 N–H and O–H groups in total. The van der Waals surface area contributed by atoms with Crippen LogP contribution < -0.4 is 5.32 Å². The number of non-ortho nitro benzene ring substituents is 1. The lowest BCUT2D eigenvalue weighted by Crippen LogP contribution is -2.31. The van der Waals surface area contributed by atoms with Crippen molar-refractivity contribution >= 4 is 23.3 Å². The number of nitro groups is 1. The van der Waals surface area contributed by atoms with Crippen molar-refractivity contribution in [3.63, 3.8) is 0 Å². The van der Waals surface area contributed by atoms with Crippen molar-refractivity contribution < 1.29 is 32.4 Å².